The van der Waals surface area contributed by atoms with E-state index in [-0.39, 0.29) is 12.0 Å². The Hall–Kier alpha value is -1.39. The molecule has 1 heterocycles. The first-order chi connectivity index (χ1) is 9.22. The summed E-state index contributed by atoms with van der Waals surface area (Å²) >= 11 is 0. The maximum Gasteiger partial charge on any atom is 0.253 e. The van der Waals surface area contributed by atoms with Crippen LogP contribution in [0.3, 0.4) is 0 Å². The fourth-order valence-corrected chi connectivity index (χ4v) is 2.27. The van der Waals surface area contributed by atoms with Crippen molar-refractivity contribution in [2.24, 2.45) is 0 Å². The topological polar surface area (TPSA) is 58.6 Å². The van der Waals surface area contributed by atoms with Crippen molar-refractivity contribution in [2.75, 3.05) is 13.2 Å². The van der Waals surface area contributed by atoms with Crippen LogP contribution in [0.25, 0.3) is 0 Å². The van der Waals surface area contributed by atoms with Gasteiger partial charge in [-0.05, 0) is 30.4 Å². The molecule has 0 aliphatic carbocycles. The highest BCUT2D eigenvalue weighted by Gasteiger charge is 2.26. The summed E-state index contributed by atoms with van der Waals surface area (Å²) in [4.78, 5) is 12.1. The number of carbonyl (C=O) groups excluding carboxylic acids is 1. The van der Waals surface area contributed by atoms with Gasteiger partial charge in [0, 0.05) is 6.54 Å². The first-order valence-corrected chi connectivity index (χ1v) is 6.87. The highest BCUT2D eigenvalue weighted by atomic mass is 16.5. The minimum atomic E-state index is -0.510. The van der Waals surface area contributed by atoms with Crippen LogP contribution in [0, 0.1) is 0 Å². The highest BCUT2D eigenvalue weighted by Crippen LogP contribution is 2.26. The largest absolute Gasteiger partial charge is 0.393 e. The molecule has 0 spiro atoms. The number of amides is 1. The number of hydrogen-bond acceptors (Lipinski definition) is 3. The van der Waals surface area contributed by atoms with E-state index in [0.29, 0.717) is 26.0 Å². The number of aliphatic hydroxyl groups is 1. The lowest BCUT2D eigenvalue weighted by molar-refractivity contribution is -0.134. The first kappa shape index (κ1) is 14.0. The Bertz CT molecular complexity index is 433. The van der Waals surface area contributed by atoms with E-state index in [9.17, 15) is 9.90 Å². The lowest BCUT2D eigenvalue weighted by Crippen LogP contribution is -2.35. The zero-order chi connectivity index (χ0) is 13.7. The number of hydrogen-bond donors (Lipinski definition) is 2. The fraction of sp³-hybridized carbons (Fsp3) is 0.533. The van der Waals surface area contributed by atoms with Gasteiger partial charge in [-0.2, -0.15) is 0 Å². The second kappa shape index (κ2) is 6.68. The van der Waals surface area contributed by atoms with Gasteiger partial charge in [0.05, 0.1) is 12.7 Å². The summed E-state index contributed by atoms with van der Waals surface area (Å²) < 4.78 is 5.58. The number of benzene rings is 1. The van der Waals surface area contributed by atoms with Gasteiger partial charge in [0.15, 0.2) is 6.10 Å². The molecule has 104 valence electrons. The van der Waals surface area contributed by atoms with Gasteiger partial charge in [-0.15, -0.1) is 0 Å². The van der Waals surface area contributed by atoms with Crippen LogP contribution in [0.4, 0.5) is 0 Å². The molecule has 2 unspecified atom stereocenters. The summed E-state index contributed by atoms with van der Waals surface area (Å²) in [7, 11) is 0. The molecule has 19 heavy (non-hydrogen) atoms. The summed E-state index contributed by atoms with van der Waals surface area (Å²) in [6, 6.07) is 7.89. The number of fused-ring (bicyclic) bond motifs is 1. The van der Waals surface area contributed by atoms with Crippen LogP contribution in [-0.4, -0.2) is 30.3 Å². The smallest absolute Gasteiger partial charge is 0.253 e. The minimum Gasteiger partial charge on any atom is -0.393 e. The number of nitrogens with one attached hydrogen (secondary N) is 1. The van der Waals surface area contributed by atoms with Gasteiger partial charge in [0.1, 0.15) is 0 Å². The summed E-state index contributed by atoms with van der Waals surface area (Å²) in [5.41, 5.74) is 2.14. The predicted octanol–water partition coefficient (Wildman–Crippen LogP) is 1.58. The number of aliphatic hydroxyl groups excluding tert-OH is 1. The van der Waals surface area contributed by atoms with E-state index in [4.69, 9.17) is 4.74 Å². The molecule has 1 aliphatic heterocycles. The Kier molecular flexibility index (Phi) is 4.93. The average molecular weight is 263 g/mol. The normalized spacial score (nSPS) is 19.6. The third-order valence-electron chi connectivity index (χ3n) is 3.48. The van der Waals surface area contributed by atoms with E-state index in [1.807, 2.05) is 31.2 Å². The number of carbonyl (C=O) groups is 1. The van der Waals surface area contributed by atoms with Crippen molar-refractivity contribution in [2.45, 2.75) is 38.4 Å². The van der Waals surface area contributed by atoms with Crippen LogP contribution in [-0.2, 0) is 16.0 Å². The van der Waals surface area contributed by atoms with E-state index < -0.39 is 6.10 Å². The Morgan fingerprint density at radius 1 is 1.53 bits per heavy atom. The van der Waals surface area contributed by atoms with Crippen molar-refractivity contribution in [3.05, 3.63) is 35.4 Å². The van der Waals surface area contributed by atoms with Crippen LogP contribution in [0.15, 0.2) is 24.3 Å². The molecule has 0 aromatic heterocycles. The van der Waals surface area contributed by atoms with Gasteiger partial charge < -0.3 is 15.2 Å². The Morgan fingerprint density at radius 2 is 2.32 bits per heavy atom. The van der Waals surface area contributed by atoms with E-state index in [0.717, 1.165) is 12.0 Å². The van der Waals surface area contributed by atoms with Crippen molar-refractivity contribution in [3.8, 4) is 0 Å². The lowest BCUT2D eigenvalue weighted by atomic mass is 9.97. The lowest BCUT2D eigenvalue weighted by Gasteiger charge is -2.25. The maximum atomic E-state index is 12.1. The molecule has 0 bridgehead atoms. The molecule has 1 aliphatic rings. The van der Waals surface area contributed by atoms with Gasteiger partial charge in [0.2, 0.25) is 0 Å². The van der Waals surface area contributed by atoms with Crippen molar-refractivity contribution < 1.29 is 14.6 Å². The van der Waals surface area contributed by atoms with Crippen molar-refractivity contribution in [1.82, 2.24) is 5.32 Å². The zero-order valence-electron chi connectivity index (χ0n) is 11.3. The van der Waals surface area contributed by atoms with Crippen LogP contribution >= 0.6 is 0 Å². The molecule has 1 aromatic carbocycles. The molecule has 0 saturated carbocycles. The number of ether oxygens (including phenoxy) is 1. The molecule has 2 rings (SSSR count). The second-order valence-corrected chi connectivity index (χ2v) is 4.84. The standard InChI is InChI=1S/C15H21NO3/c1-2-12(17)7-9-16-15(18)14-13-6-4-3-5-11(13)8-10-19-14/h3-6,12,14,17H,2,7-10H2,1H3,(H,16,18). The first-order valence-electron chi connectivity index (χ1n) is 6.87. The van der Waals surface area contributed by atoms with Gasteiger partial charge >= 0.3 is 0 Å². The predicted molar refractivity (Wildman–Crippen MR) is 72.8 cm³/mol. The molecule has 1 amide bonds. The van der Waals surface area contributed by atoms with Crippen molar-refractivity contribution in [1.29, 1.82) is 0 Å². The third kappa shape index (κ3) is 3.55. The molecule has 4 nitrogen and oxygen atoms in total. The van der Waals surface area contributed by atoms with E-state index in [1.54, 1.807) is 0 Å². The van der Waals surface area contributed by atoms with Crippen LogP contribution < -0.4 is 5.32 Å². The SMILES string of the molecule is CCC(O)CCNC(=O)C1OCCc2ccccc21. The molecule has 4 heteroatoms. The summed E-state index contributed by atoms with van der Waals surface area (Å²) in [6.45, 7) is 2.98. The van der Waals surface area contributed by atoms with Gasteiger partial charge in [-0.25, -0.2) is 0 Å². The maximum absolute atomic E-state index is 12.1. The molecule has 2 atom stereocenters. The van der Waals surface area contributed by atoms with E-state index >= 15 is 0 Å². The molecule has 1 aromatic rings. The summed E-state index contributed by atoms with van der Waals surface area (Å²) in [5, 5.41) is 12.3. The molecular formula is C15H21NO3. The molecule has 0 radical (unpaired) electrons. The van der Waals surface area contributed by atoms with E-state index in [1.165, 1.54) is 5.56 Å². The Labute approximate surface area is 113 Å². The minimum absolute atomic E-state index is 0.115. The fourth-order valence-electron chi connectivity index (χ4n) is 2.27. The van der Waals surface area contributed by atoms with Crippen LogP contribution in [0.1, 0.15) is 37.0 Å². The van der Waals surface area contributed by atoms with Gasteiger partial charge in [-0.1, -0.05) is 31.2 Å². The third-order valence-corrected chi connectivity index (χ3v) is 3.48. The van der Waals surface area contributed by atoms with Crippen LogP contribution in [0.5, 0.6) is 0 Å². The molecular weight excluding hydrogens is 242 g/mol. The van der Waals surface area contributed by atoms with Crippen molar-refractivity contribution in [3.63, 3.8) is 0 Å². The van der Waals surface area contributed by atoms with E-state index in [2.05, 4.69) is 5.32 Å². The zero-order valence-corrected chi connectivity index (χ0v) is 11.3. The Balaban J connectivity index is 1.93. The number of rotatable bonds is 5. The quantitative estimate of drug-likeness (QED) is 0.848. The van der Waals surface area contributed by atoms with Crippen molar-refractivity contribution >= 4 is 5.91 Å². The summed E-state index contributed by atoms with van der Waals surface area (Å²) in [5.74, 6) is -0.115. The molecule has 2 N–H and O–H groups in total. The Morgan fingerprint density at radius 3 is 3.11 bits per heavy atom. The average Bonchev–Trinajstić information content (AvgIpc) is 2.46. The molecule has 0 saturated heterocycles. The molecule has 0 fully saturated rings. The summed E-state index contributed by atoms with van der Waals surface area (Å²) in [6.07, 6.45) is 1.28. The van der Waals surface area contributed by atoms with Crippen LogP contribution in [0.2, 0.25) is 0 Å². The van der Waals surface area contributed by atoms with Gasteiger partial charge in [-0.3, -0.25) is 4.79 Å². The monoisotopic (exact) mass is 263 g/mol. The highest BCUT2D eigenvalue weighted by molar-refractivity contribution is 5.82. The van der Waals surface area contributed by atoms with Gasteiger partial charge in [0.25, 0.3) is 5.91 Å². The second-order valence-electron chi connectivity index (χ2n) is 4.84.